The summed E-state index contributed by atoms with van der Waals surface area (Å²) in [5, 5.41) is 2.77. The minimum Gasteiger partial charge on any atom is -0.444 e. The summed E-state index contributed by atoms with van der Waals surface area (Å²) in [4.78, 5) is 25.9. The van der Waals surface area contributed by atoms with Gasteiger partial charge in [-0.15, -0.1) is 0 Å². The molecule has 1 atom stereocenters. The minimum atomic E-state index is -0.174. The van der Waals surface area contributed by atoms with E-state index in [0.29, 0.717) is 36.6 Å². The zero-order valence-corrected chi connectivity index (χ0v) is 12.7. The number of hydrogen-bond acceptors (Lipinski definition) is 4. The van der Waals surface area contributed by atoms with Crippen LogP contribution in [0.1, 0.15) is 23.4 Å². The fourth-order valence-electron chi connectivity index (χ4n) is 2.30. The molecule has 2 heterocycles. The number of rotatable bonds is 4. The highest BCUT2D eigenvalue weighted by molar-refractivity contribution is 9.10. The van der Waals surface area contributed by atoms with Crippen LogP contribution < -0.4 is 11.1 Å². The highest BCUT2D eigenvalue weighted by atomic mass is 79.9. The van der Waals surface area contributed by atoms with Crippen molar-refractivity contribution in [2.75, 3.05) is 26.2 Å². The number of likely N-dealkylation sites (tertiary alicyclic amines) is 1. The van der Waals surface area contributed by atoms with Gasteiger partial charge in [0.05, 0.1) is 5.92 Å². The molecule has 0 aromatic carbocycles. The molecule has 110 valence electrons. The number of amides is 2. The van der Waals surface area contributed by atoms with Crippen molar-refractivity contribution in [1.82, 2.24) is 10.2 Å². The summed E-state index contributed by atoms with van der Waals surface area (Å²) in [6.07, 6.45) is 1.61. The predicted molar refractivity (Wildman–Crippen MR) is 77.1 cm³/mol. The molecule has 2 amide bonds. The first-order valence-corrected chi connectivity index (χ1v) is 7.43. The zero-order chi connectivity index (χ0) is 14.5. The highest BCUT2D eigenvalue weighted by Gasteiger charge is 2.29. The minimum absolute atomic E-state index is 0.0337. The van der Waals surface area contributed by atoms with Crippen LogP contribution in [0, 0.1) is 5.92 Å². The molecule has 1 aliphatic heterocycles. The number of piperidine rings is 1. The Kier molecular flexibility index (Phi) is 5.19. The van der Waals surface area contributed by atoms with Crippen molar-refractivity contribution in [2.24, 2.45) is 11.7 Å². The summed E-state index contributed by atoms with van der Waals surface area (Å²) >= 11 is 3.17. The molecule has 0 saturated carbocycles. The van der Waals surface area contributed by atoms with E-state index in [-0.39, 0.29) is 17.7 Å². The van der Waals surface area contributed by atoms with E-state index in [0.717, 1.165) is 12.8 Å². The molecule has 20 heavy (non-hydrogen) atoms. The Morgan fingerprint density at radius 3 is 2.95 bits per heavy atom. The molecule has 1 aliphatic rings. The molecule has 0 radical (unpaired) electrons. The number of furan rings is 1. The first kappa shape index (κ1) is 15.1. The molecule has 0 aliphatic carbocycles. The SMILES string of the molecule is NCCNC(=O)C1CCCN(C(=O)c2ccc(Br)o2)C1. The molecule has 7 heteroatoms. The van der Waals surface area contributed by atoms with E-state index >= 15 is 0 Å². The number of carbonyl (C=O) groups excluding carboxylic acids is 2. The van der Waals surface area contributed by atoms with Gasteiger partial charge >= 0.3 is 0 Å². The molecule has 0 spiro atoms. The van der Waals surface area contributed by atoms with E-state index in [9.17, 15) is 9.59 Å². The van der Waals surface area contributed by atoms with Crippen LogP contribution in [0.25, 0.3) is 0 Å². The van der Waals surface area contributed by atoms with Gasteiger partial charge in [0.2, 0.25) is 5.91 Å². The third-order valence-electron chi connectivity index (χ3n) is 3.31. The number of hydrogen-bond donors (Lipinski definition) is 2. The number of nitrogens with one attached hydrogen (secondary N) is 1. The van der Waals surface area contributed by atoms with Gasteiger partial charge < -0.3 is 20.4 Å². The van der Waals surface area contributed by atoms with Gasteiger partial charge in [-0.25, -0.2) is 0 Å². The smallest absolute Gasteiger partial charge is 0.289 e. The largest absolute Gasteiger partial charge is 0.444 e. The maximum atomic E-state index is 12.3. The third-order valence-corrected chi connectivity index (χ3v) is 3.73. The highest BCUT2D eigenvalue weighted by Crippen LogP contribution is 2.21. The fourth-order valence-corrected chi connectivity index (χ4v) is 2.61. The molecular formula is C13H18BrN3O3. The van der Waals surface area contributed by atoms with Crippen molar-refractivity contribution in [3.63, 3.8) is 0 Å². The standard InChI is InChI=1S/C13H18BrN3O3/c14-11-4-3-10(20-11)13(19)17-7-1-2-9(8-17)12(18)16-6-5-15/h3-4,9H,1-2,5-8,15H2,(H,16,18). The summed E-state index contributed by atoms with van der Waals surface area (Å²) in [7, 11) is 0. The summed E-state index contributed by atoms with van der Waals surface area (Å²) in [5.74, 6) is -0.0851. The Bertz CT molecular complexity index is 489. The fraction of sp³-hybridized carbons (Fsp3) is 0.538. The van der Waals surface area contributed by atoms with Gasteiger partial charge in [0.1, 0.15) is 0 Å². The lowest BCUT2D eigenvalue weighted by Crippen LogP contribution is -2.46. The topological polar surface area (TPSA) is 88.6 Å². The monoisotopic (exact) mass is 343 g/mol. The summed E-state index contributed by atoms with van der Waals surface area (Å²) in [5.41, 5.74) is 5.36. The van der Waals surface area contributed by atoms with Crippen LogP contribution in [0.5, 0.6) is 0 Å². The maximum absolute atomic E-state index is 12.3. The van der Waals surface area contributed by atoms with Gasteiger partial charge in [-0.3, -0.25) is 9.59 Å². The van der Waals surface area contributed by atoms with Crippen LogP contribution >= 0.6 is 15.9 Å². The molecular weight excluding hydrogens is 326 g/mol. The molecule has 1 saturated heterocycles. The van der Waals surface area contributed by atoms with Gasteiger partial charge in [-0.1, -0.05) is 0 Å². The van der Waals surface area contributed by atoms with Crippen LogP contribution in [-0.2, 0) is 4.79 Å². The number of nitrogens with two attached hydrogens (primary N) is 1. The maximum Gasteiger partial charge on any atom is 0.289 e. The first-order chi connectivity index (χ1) is 9.61. The van der Waals surface area contributed by atoms with Crippen molar-refractivity contribution in [3.8, 4) is 0 Å². The van der Waals surface area contributed by atoms with Crippen LogP contribution in [-0.4, -0.2) is 42.9 Å². The Balaban J connectivity index is 1.96. The Morgan fingerprint density at radius 2 is 2.30 bits per heavy atom. The molecule has 3 N–H and O–H groups in total. The third kappa shape index (κ3) is 3.61. The van der Waals surface area contributed by atoms with Crippen LogP contribution in [0.2, 0.25) is 0 Å². The quantitative estimate of drug-likeness (QED) is 0.852. The molecule has 1 aromatic heterocycles. The Morgan fingerprint density at radius 1 is 1.50 bits per heavy atom. The first-order valence-electron chi connectivity index (χ1n) is 6.64. The summed E-state index contributed by atoms with van der Waals surface area (Å²) in [6, 6.07) is 3.31. The number of carbonyl (C=O) groups is 2. The van der Waals surface area contributed by atoms with E-state index < -0.39 is 0 Å². The molecule has 1 aromatic rings. The van der Waals surface area contributed by atoms with E-state index in [1.165, 1.54) is 0 Å². The lowest BCUT2D eigenvalue weighted by Gasteiger charge is -2.31. The van der Waals surface area contributed by atoms with E-state index in [1.807, 2.05) is 0 Å². The summed E-state index contributed by atoms with van der Waals surface area (Å²) < 4.78 is 5.79. The second kappa shape index (κ2) is 6.90. The van der Waals surface area contributed by atoms with Gasteiger partial charge in [-0.05, 0) is 40.9 Å². The van der Waals surface area contributed by atoms with Crippen molar-refractivity contribution in [1.29, 1.82) is 0 Å². The molecule has 2 rings (SSSR count). The normalized spacial score (nSPS) is 18.9. The van der Waals surface area contributed by atoms with E-state index in [1.54, 1.807) is 17.0 Å². The van der Waals surface area contributed by atoms with Crippen LogP contribution in [0.3, 0.4) is 0 Å². The second-order valence-corrected chi connectivity index (χ2v) is 5.56. The zero-order valence-electron chi connectivity index (χ0n) is 11.1. The predicted octanol–water partition coefficient (Wildman–Crippen LogP) is 0.969. The van der Waals surface area contributed by atoms with Gasteiger partial charge in [0.15, 0.2) is 10.4 Å². The van der Waals surface area contributed by atoms with E-state index in [4.69, 9.17) is 10.2 Å². The van der Waals surface area contributed by atoms with Gasteiger partial charge in [-0.2, -0.15) is 0 Å². The van der Waals surface area contributed by atoms with Gasteiger partial charge in [0, 0.05) is 26.2 Å². The number of nitrogens with zero attached hydrogens (tertiary/aromatic N) is 1. The van der Waals surface area contributed by atoms with Crippen molar-refractivity contribution in [2.45, 2.75) is 12.8 Å². The summed E-state index contributed by atoms with van der Waals surface area (Å²) in [6.45, 7) is 1.96. The molecule has 1 unspecified atom stereocenters. The van der Waals surface area contributed by atoms with E-state index in [2.05, 4.69) is 21.2 Å². The average Bonchev–Trinajstić information content (AvgIpc) is 2.90. The lowest BCUT2D eigenvalue weighted by molar-refractivity contribution is -0.126. The molecule has 1 fully saturated rings. The number of halogens is 1. The lowest BCUT2D eigenvalue weighted by atomic mass is 9.97. The molecule has 6 nitrogen and oxygen atoms in total. The van der Waals surface area contributed by atoms with Gasteiger partial charge in [0.25, 0.3) is 5.91 Å². The van der Waals surface area contributed by atoms with Crippen molar-refractivity contribution < 1.29 is 14.0 Å². The van der Waals surface area contributed by atoms with Crippen molar-refractivity contribution in [3.05, 3.63) is 22.6 Å². The van der Waals surface area contributed by atoms with Crippen molar-refractivity contribution >= 4 is 27.7 Å². The Hall–Kier alpha value is -1.34. The molecule has 0 bridgehead atoms. The van der Waals surface area contributed by atoms with Crippen LogP contribution in [0.4, 0.5) is 0 Å². The Labute approximate surface area is 125 Å². The van der Waals surface area contributed by atoms with Crippen LogP contribution in [0.15, 0.2) is 21.2 Å². The second-order valence-electron chi connectivity index (χ2n) is 4.77. The average molecular weight is 344 g/mol.